The first-order valence-electron chi connectivity index (χ1n) is 6.05. The normalized spacial score (nSPS) is 12.0. The predicted octanol–water partition coefficient (Wildman–Crippen LogP) is -0.607. The number of hydrogen-bond donors (Lipinski definition) is 2. The number of nitrogens with one attached hydrogen (secondary N) is 2. The van der Waals surface area contributed by atoms with Crippen LogP contribution in [0.1, 0.15) is 5.56 Å². The summed E-state index contributed by atoms with van der Waals surface area (Å²) in [4.78, 5) is 23.2. The molecule has 1 aromatic heterocycles. The van der Waals surface area contributed by atoms with Crippen molar-refractivity contribution in [2.75, 3.05) is 12.2 Å². The number of rotatable bonds is 3. The van der Waals surface area contributed by atoms with Gasteiger partial charge in [-0.15, -0.1) is 10.2 Å². The van der Waals surface area contributed by atoms with Gasteiger partial charge in [-0.3, -0.25) is 15.0 Å². The maximum atomic E-state index is 11.6. The van der Waals surface area contributed by atoms with Crippen molar-refractivity contribution in [1.29, 1.82) is 0 Å². The summed E-state index contributed by atoms with van der Waals surface area (Å²) in [5.41, 5.74) is 3.09. The molecule has 0 aliphatic carbocycles. The van der Waals surface area contributed by atoms with Gasteiger partial charge in [-0.25, -0.2) is 4.68 Å². The Morgan fingerprint density at radius 2 is 1.90 bits per heavy atom. The van der Waals surface area contributed by atoms with E-state index in [1.54, 1.807) is 18.2 Å². The molecular formula is C12H11N5O4. The van der Waals surface area contributed by atoms with Crippen LogP contribution in [0.5, 0.6) is 11.5 Å². The fourth-order valence-corrected chi connectivity index (χ4v) is 1.74. The molecule has 108 valence electrons. The van der Waals surface area contributed by atoms with Gasteiger partial charge in [0.05, 0.1) is 0 Å². The summed E-state index contributed by atoms with van der Waals surface area (Å²) < 4.78 is 11.6. The zero-order valence-electron chi connectivity index (χ0n) is 10.8. The highest BCUT2D eigenvalue weighted by Gasteiger charge is 2.16. The lowest BCUT2D eigenvalue weighted by atomic mass is 10.2. The van der Waals surface area contributed by atoms with Crippen LogP contribution >= 0.6 is 0 Å². The average molecular weight is 289 g/mol. The first-order chi connectivity index (χ1) is 10.2. The van der Waals surface area contributed by atoms with Crippen LogP contribution in [0, 0.1) is 0 Å². The van der Waals surface area contributed by atoms with E-state index >= 15 is 0 Å². The summed E-state index contributed by atoms with van der Waals surface area (Å²) in [6.45, 7) is 0.386. The van der Waals surface area contributed by atoms with Gasteiger partial charge in [0.15, 0.2) is 11.5 Å². The first kappa shape index (κ1) is 12.9. The quantitative estimate of drug-likeness (QED) is 0.730. The number of fused-ring (bicyclic) bond motifs is 1. The van der Waals surface area contributed by atoms with Crippen molar-refractivity contribution in [1.82, 2.24) is 20.2 Å². The maximum absolute atomic E-state index is 11.6. The Bertz CT molecular complexity index is 670. The van der Waals surface area contributed by atoms with Gasteiger partial charge in [0.1, 0.15) is 12.7 Å². The second-order valence-corrected chi connectivity index (χ2v) is 4.18. The molecule has 2 aromatic rings. The van der Waals surface area contributed by atoms with Crippen molar-refractivity contribution in [2.45, 2.75) is 6.54 Å². The van der Waals surface area contributed by atoms with Crippen LogP contribution in [0.2, 0.25) is 0 Å². The lowest BCUT2D eigenvalue weighted by Crippen LogP contribution is -2.38. The summed E-state index contributed by atoms with van der Waals surface area (Å²) in [6, 6.07) is 5.28. The van der Waals surface area contributed by atoms with Crippen molar-refractivity contribution >= 4 is 11.8 Å². The highest BCUT2D eigenvalue weighted by molar-refractivity contribution is 6.38. The molecule has 0 saturated heterocycles. The van der Waals surface area contributed by atoms with Crippen LogP contribution in [0.25, 0.3) is 0 Å². The fourth-order valence-electron chi connectivity index (χ4n) is 1.74. The van der Waals surface area contributed by atoms with E-state index in [1.807, 2.05) is 0 Å². The molecule has 21 heavy (non-hydrogen) atoms. The van der Waals surface area contributed by atoms with E-state index in [9.17, 15) is 9.59 Å². The number of aromatic nitrogens is 3. The third-order valence-corrected chi connectivity index (χ3v) is 2.75. The predicted molar refractivity (Wildman–Crippen MR) is 68.8 cm³/mol. The minimum Gasteiger partial charge on any atom is -0.454 e. The molecule has 0 atom stereocenters. The lowest BCUT2D eigenvalue weighted by Gasteiger charge is -2.07. The van der Waals surface area contributed by atoms with E-state index in [0.717, 1.165) is 5.56 Å². The van der Waals surface area contributed by atoms with Gasteiger partial charge in [0.25, 0.3) is 0 Å². The molecule has 1 aliphatic rings. The standard InChI is InChI=1S/C12H11N5O4/c18-11(12(19)16-17-5-14-15-6-17)13-4-8-1-2-9-10(3-8)21-7-20-9/h1-3,5-6H,4,7H2,(H,13,18)(H,16,19). The van der Waals surface area contributed by atoms with Crippen LogP contribution < -0.4 is 20.2 Å². The summed E-state index contributed by atoms with van der Waals surface area (Å²) in [5, 5.41) is 9.51. The summed E-state index contributed by atoms with van der Waals surface area (Å²) >= 11 is 0. The fraction of sp³-hybridized carbons (Fsp3) is 0.167. The maximum Gasteiger partial charge on any atom is 0.328 e. The van der Waals surface area contributed by atoms with E-state index in [0.29, 0.717) is 11.5 Å². The Kier molecular flexibility index (Phi) is 3.37. The summed E-state index contributed by atoms with van der Waals surface area (Å²) in [7, 11) is 0. The van der Waals surface area contributed by atoms with Crippen LogP contribution in [-0.2, 0) is 16.1 Å². The second-order valence-electron chi connectivity index (χ2n) is 4.18. The van der Waals surface area contributed by atoms with Crippen molar-refractivity contribution in [3.63, 3.8) is 0 Å². The van der Waals surface area contributed by atoms with Crippen molar-refractivity contribution in [2.24, 2.45) is 0 Å². The molecule has 0 saturated carbocycles. The number of carbonyl (C=O) groups is 2. The number of nitrogens with zero attached hydrogens (tertiary/aromatic N) is 3. The molecule has 0 unspecified atom stereocenters. The smallest absolute Gasteiger partial charge is 0.328 e. The molecule has 0 spiro atoms. The third kappa shape index (κ3) is 2.91. The molecule has 1 aromatic carbocycles. The summed E-state index contributed by atoms with van der Waals surface area (Å²) in [6.07, 6.45) is 2.53. The molecule has 9 nitrogen and oxygen atoms in total. The van der Waals surface area contributed by atoms with Crippen LogP contribution in [0.15, 0.2) is 30.9 Å². The van der Waals surface area contributed by atoms with E-state index in [2.05, 4.69) is 20.9 Å². The van der Waals surface area contributed by atoms with Gasteiger partial charge in [-0.2, -0.15) is 0 Å². The van der Waals surface area contributed by atoms with Gasteiger partial charge in [0.2, 0.25) is 6.79 Å². The first-order valence-corrected chi connectivity index (χ1v) is 6.05. The van der Waals surface area contributed by atoms with Crippen molar-refractivity contribution in [3.05, 3.63) is 36.4 Å². The average Bonchev–Trinajstić information content (AvgIpc) is 3.14. The van der Waals surface area contributed by atoms with E-state index in [1.165, 1.54) is 17.3 Å². The zero-order valence-corrected chi connectivity index (χ0v) is 10.8. The number of carbonyl (C=O) groups excluding carboxylic acids is 2. The van der Waals surface area contributed by atoms with Crippen molar-refractivity contribution < 1.29 is 19.1 Å². The molecule has 2 N–H and O–H groups in total. The van der Waals surface area contributed by atoms with E-state index in [4.69, 9.17) is 9.47 Å². The van der Waals surface area contributed by atoms with Gasteiger partial charge < -0.3 is 14.8 Å². The molecule has 0 fully saturated rings. The Morgan fingerprint density at radius 3 is 2.71 bits per heavy atom. The van der Waals surface area contributed by atoms with Crippen LogP contribution in [-0.4, -0.2) is 33.5 Å². The van der Waals surface area contributed by atoms with Gasteiger partial charge in [-0.05, 0) is 17.7 Å². The van der Waals surface area contributed by atoms with Gasteiger partial charge in [0, 0.05) is 6.54 Å². The largest absolute Gasteiger partial charge is 0.454 e. The van der Waals surface area contributed by atoms with Crippen LogP contribution in [0.4, 0.5) is 0 Å². The Hall–Kier alpha value is -3.10. The molecule has 0 radical (unpaired) electrons. The lowest BCUT2D eigenvalue weighted by molar-refractivity contribution is -0.136. The summed E-state index contributed by atoms with van der Waals surface area (Å²) in [5.74, 6) is -0.289. The minimum atomic E-state index is -0.810. The number of ether oxygens (including phenoxy) is 2. The molecule has 9 heteroatoms. The molecule has 1 aliphatic heterocycles. The molecule has 2 amide bonds. The SMILES string of the molecule is O=C(NCc1ccc2c(c1)OCO2)C(=O)Nn1cnnc1. The molecular weight excluding hydrogens is 278 g/mol. The second kappa shape index (κ2) is 5.49. The van der Waals surface area contributed by atoms with E-state index in [-0.39, 0.29) is 13.3 Å². The molecule has 2 heterocycles. The number of benzene rings is 1. The number of hydrogen-bond acceptors (Lipinski definition) is 6. The van der Waals surface area contributed by atoms with Gasteiger partial charge in [-0.1, -0.05) is 6.07 Å². The van der Waals surface area contributed by atoms with Crippen LogP contribution in [0.3, 0.4) is 0 Å². The molecule has 3 rings (SSSR count). The monoisotopic (exact) mass is 289 g/mol. The van der Waals surface area contributed by atoms with Crippen molar-refractivity contribution in [3.8, 4) is 11.5 Å². The van der Waals surface area contributed by atoms with Gasteiger partial charge >= 0.3 is 11.8 Å². The highest BCUT2D eigenvalue weighted by Crippen LogP contribution is 2.32. The minimum absolute atomic E-state index is 0.187. The highest BCUT2D eigenvalue weighted by atomic mass is 16.7. The Balaban J connectivity index is 1.54. The molecule has 0 bridgehead atoms. The topological polar surface area (TPSA) is 107 Å². The number of amides is 2. The Morgan fingerprint density at radius 1 is 1.14 bits per heavy atom. The zero-order chi connectivity index (χ0) is 14.7. The third-order valence-electron chi connectivity index (χ3n) is 2.75. The Labute approximate surface area is 118 Å². The van der Waals surface area contributed by atoms with E-state index < -0.39 is 11.8 Å².